The summed E-state index contributed by atoms with van der Waals surface area (Å²) < 4.78 is 29.6. The standard InChI is InChI=1S/C13H16BrN3O2S/c1-17-9-13(6-12(17)7-15)20(18,19)16-8-10-3-2-4-11(14)5-10/h2-6,9,16H,7-8,15H2,1H3. The minimum atomic E-state index is -3.52. The molecule has 0 saturated carbocycles. The zero-order valence-electron chi connectivity index (χ0n) is 11.0. The van der Waals surface area contributed by atoms with Crippen molar-refractivity contribution in [3.05, 3.63) is 52.3 Å². The molecule has 108 valence electrons. The third kappa shape index (κ3) is 3.49. The van der Waals surface area contributed by atoms with Crippen molar-refractivity contribution in [1.82, 2.24) is 9.29 Å². The number of benzene rings is 1. The van der Waals surface area contributed by atoms with Gasteiger partial charge in [-0.05, 0) is 23.8 Å². The molecule has 1 aromatic carbocycles. The first kappa shape index (κ1) is 15.2. The van der Waals surface area contributed by atoms with Gasteiger partial charge in [0, 0.05) is 36.5 Å². The molecule has 0 radical (unpaired) electrons. The van der Waals surface area contributed by atoms with Crippen molar-refractivity contribution in [2.45, 2.75) is 18.0 Å². The maximum absolute atomic E-state index is 12.2. The SMILES string of the molecule is Cn1cc(S(=O)(=O)NCc2cccc(Br)c2)cc1CN. The van der Waals surface area contributed by atoms with Crippen LogP contribution in [0.5, 0.6) is 0 Å². The summed E-state index contributed by atoms with van der Waals surface area (Å²) >= 11 is 3.36. The van der Waals surface area contributed by atoms with Crippen molar-refractivity contribution in [2.75, 3.05) is 0 Å². The lowest BCUT2D eigenvalue weighted by atomic mass is 10.2. The van der Waals surface area contributed by atoms with Crippen LogP contribution in [-0.2, 0) is 30.2 Å². The number of aromatic nitrogens is 1. The highest BCUT2D eigenvalue weighted by molar-refractivity contribution is 9.10. The van der Waals surface area contributed by atoms with Crippen LogP contribution in [0.3, 0.4) is 0 Å². The molecule has 0 aliphatic carbocycles. The van der Waals surface area contributed by atoms with Gasteiger partial charge in [-0.15, -0.1) is 0 Å². The van der Waals surface area contributed by atoms with Gasteiger partial charge in [0.25, 0.3) is 0 Å². The molecule has 2 rings (SSSR count). The van der Waals surface area contributed by atoms with Crippen LogP contribution in [0.25, 0.3) is 0 Å². The molecule has 7 heteroatoms. The van der Waals surface area contributed by atoms with Crippen LogP contribution in [0.1, 0.15) is 11.3 Å². The van der Waals surface area contributed by atoms with E-state index in [9.17, 15) is 8.42 Å². The normalized spacial score (nSPS) is 11.8. The predicted molar refractivity (Wildman–Crippen MR) is 81.5 cm³/mol. The summed E-state index contributed by atoms with van der Waals surface area (Å²) in [6, 6.07) is 9.08. The Balaban J connectivity index is 2.15. The Bertz CT molecular complexity index is 710. The summed E-state index contributed by atoms with van der Waals surface area (Å²) in [6.07, 6.45) is 1.56. The van der Waals surface area contributed by atoms with Crippen molar-refractivity contribution >= 4 is 26.0 Å². The van der Waals surface area contributed by atoms with E-state index in [0.717, 1.165) is 15.7 Å². The molecule has 0 aliphatic rings. The Morgan fingerprint density at radius 2 is 2.10 bits per heavy atom. The van der Waals surface area contributed by atoms with Crippen LogP contribution in [0.4, 0.5) is 0 Å². The average molecular weight is 358 g/mol. The number of rotatable bonds is 5. The lowest BCUT2D eigenvalue weighted by molar-refractivity contribution is 0.581. The highest BCUT2D eigenvalue weighted by Gasteiger charge is 2.16. The Morgan fingerprint density at radius 1 is 1.35 bits per heavy atom. The number of nitrogens with one attached hydrogen (secondary N) is 1. The van der Waals surface area contributed by atoms with Gasteiger partial charge < -0.3 is 10.3 Å². The van der Waals surface area contributed by atoms with E-state index >= 15 is 0 Å². The molecule has 0 atom stereocenters. The lowest BCUT2D eigenvalue weighted by Gasteiger charge is -2.05. The first-order chi connectivity index (χ1) is 9.42. The van der Waals surface area contributed by atoms with Crippen LogP contribution < -0.4 is 10.5 Å². The monoisotopic (exact) mass is 357 g/mol. The number of aryl methyl sites for hydroxylation is 1. The van der Waals surface area contributed by atoms with Gasteiger partial charge >= 0.3 is 0 Å². The summed E-state index contributed by atoms with van der Waals surface area (Å²) in [6.45, 7) is 0.548. The first-order valence-electron chi connectivity index (χ1n) is 6.02. The minimum absolute atomic E-state index is 0.232. The van der Waals surface area contributed by atoms with Gasteiger partial charge in [0.05, 0.1) is 4.90 Å². The Labute approximate surface area is 127 Å². The first-order valence-corrected chi connectivity index (χ1v) is 8.29. The fourth-order valence-corrected chi connectivity index (χ4v) is 3.39. The van der Waals surface area contributed by atoms with Crippen molar-refractivity contribution in [2.24, 2.45) is 12.8 Å². The van der Waals surface area contributed by atoms with Gasteiger partial charge in [-0.1, -0.05) is 28.1 Å². The van der Waals surface area contributed by atoms with Gasteiger partial charge in [0.1, 0.15) is 0 Å². The highest BCUT2D eigenvalue weighted by Crippen LogP contribution is 2.15. The van der Waals surface area contributed by atoms with Gasteiger partial charge in [-0.2, -0.15) is 0 Å². The Kier molecular flexibility index (Phi) is 4.64. The van der Waals surface area contributed by atoms with Crippen LogP contribution in [-0.4, -0.2) is 13.0 Å². The number of hydrogen-bond donors (Lipinski definition) is 2. The quantitative estimate of drug-likeness (QED) is 0.855. The molecule has 20 heavy (non-hydrogen) atoms. The van der Waals surface area contributed by atoms with Crippen molar-refractivity contribution in [3.8, 4) is 0 Å². The molecule has 1 heterocycles. The summed E-state index contributed by atoms with van der Waals surface area (Å²) in [5.74, 6) is 0. The van der Waals surface area contributed by atoms with E-state index in [4.69, 9.17) is 5.73 Å². The predicted octanol–water partition coefficient (Wildman–Crippen LogP) is 1.72. The smallest absolute Gasteiger partial charge is 0.242 e. The number of hydrogen-bond acceptors (Lipinski definition) is 3. The molecule has 5 nitrogen and oxygen atoms in total. The molecule has 0 unspecified atom stereocenters. The van der Waals surface area contributed by atoms with Gasteiger partial charge in [0.2, 0.25) is 10.0 Å². The number of halogens is 1. The van der Waals surface area contributed by atoms with Gasteiger partial charge in [0.15, 0.2) is 0 Å². The zero-order valence-corrected chi connectivity index (χ0v) is 13.4. The summed E-state index contributed by atoms with van der Waals surface area (Å²) in [7, 11) is -1.75. The van der Waals surface area contributed by atoms with E-state index in [1.165, 1.54) is 0 Å². The average Bonchev–Trinajstić information content (AvgIpc) is 2.79. The molecular weight excluding hydrogens is 342 g/mol. The molecule has 1 aromatic heterocycles. The molecule has 0 spiro atoms. The third-order valence-electron chi connectivity index (χ3n) is 2.96. The second kappa shape index (κ2) is 6.09. The second-order valence-electron chi connectivity index (χ2n) is 4.44. The zero-order chi connectivity index (χ0) is 14.8. The fourth-order valence-electron chi connectivity index (χ4n) is 1.84. The van der Waals surface area contributed by atoms with E-state index < -0.39 is 10.0 Å². The molecule has 2 aromatic rings. The second-order valence-corrected chi connectivity index (χ2v) is 7.12. The van der Waals surface area contributed by atoms with E-state index in [1.54, 1.807) is 23.9 Å². The maximum atomic E-state index is 12.2. The Hall–Kier alpha value is -1.15. The summed E-state index contributed by atoms with van der Waals surface area (Å²) in [5.41, 5.74) is 7.21. The van der Waals surface area contributed by atoms with Crippen LogP contribution >= 0.6 is 15.9 Å². The molecular formula is C13H16BrN3O2S. The van der Waals surface area contributed by atoms with E-state index in [2.05, 4.69) is 20.7 Å². The lowest BCUT2D eigenvalue weighted by Crippen LogP contribution is -2.22. The van der Waals surface area contributed by atoms with E-state index in [0.29, 0.717) is 6.54 Å². The van der Waals surface area contributed by atoms with Crippen LogP contribution in [0.2, 0.25) is 0 Å². The maximum Gasteiger partial charge on any atom is 0.242 e. The highest BCUT2D eigenvalue weighted by atomic mass is 79.9. The van der Waals surface area contributed by atoms with Crippen molar-refractivity contribution < 1.29 is 8.42 Å². The number of nitrogens with two attached hydrogens (primary N) is 1. The summed E-state index contributed by atoms with van der Waals surface area (Å²) in [4.78, 5) is 0.232. The molecule has 0 aliphatic heterocycles. The number of sulfonamides is 1. The van der Waals surface area contributed by atoms with Crippen molar-refractivity contribution in [1.29, 1.82) is 0 Å². The molecule has 0 saturated heterocycles. The van der Waals surface area contributed by atoms with Crippen molar-refractivity contribution in [3.63, 3.8) is 0 Å². The molecule has 0 fully saturated rings. The summed E-state index contributed by atoms with van der Waals surface area (Å²) in [5, 5.41) is 0. The number of nitrogens with zero attached hydrogens (tertiary/aromatic N) is 1. The largest absolute Gasteiger partial charge is 0.352 e. The third-order valence-corrected chi connectivity index (χ3v) is 4.82. The van der Waals surface area contributed by atoms with E-state index in [-0.39, 0.29) is 11.4 Å². The molecule has 3 N–H and O–H groups in total. The van der Waals surface area contributed by atoms with Crippen LogP contribution in [0, 0.1) is 0 Å². The van der Waals surface area contributed by atoms with Gasteiger partial charge in [-0.25, -0.2) is 13.1 Å². The van der Waals surface area contributed by atoms with Crippen LogP contribution in [0.15, 0.2) is 45.9 Å². The Morgan fingerprint density at radius 3 is 2.70 bits per heavy atom. The van der Waals surface area contributed by atoms with E-state index in [1.807, 2.05) is 24.3 Å². The topological polar surface area (TPSA) is 77.1 Å². The molecule has 0 bridgehead atoms. The minimum Gasteiger partial charge on any atom is -0.352 e. The molecule has 0 amide bonds. The van der Waals surface area contributed by atoms with Gasteiger partial charge in [-0.3, -0.25) is 0 Å². The fraction of sp³-hybridized carbons (Fsp3) is 0.231.